The van der Waals surface area contributed by atoms with Crippen LogP contribution in [0.3, 0.4) is 0 Å². The standard InChI is InChI=1S/C20H24FN3O2S/c1-24(14-15-4-10-18(27-2)11-5-15)20(26)23-13-3-12-22-19(25)16-6-8-17(21)9-7-16/h4-11H,3,12-14H2,1-2H3,(H,22,25)(H,23,26). The molecular weight excluding hydrogens is 365 g/mol. The molecule has 0 aliphatic rings. The average Bonchev–Trinajstić information content (AvgIpc) is 2.68. The van der Waals surface area contributed by atoms with Crippen molar-refractivity contribution in [2.24, 2.45) is 0 Å². The summed E-state index contributed by atoms with van der Waals surface area (Å²) in [5.74, 6) is -0.634. The molecule has 0 unspecified atom stereocenters. The lowest BCUT2D eigenvalue weighted by Gasteiger charge is -2.18. The molecule has 2 aromatic carbocycles. The molecule has 0 aliphatic carbocycles. The third kappa shape index (κ3) is 6.94. The van der Waals surface area contributed by atoms with Gasteiger partial charge in [-0.15, -0.1) is 11.8 Å². The SMILES string of the molecule is CSc1ccc(CN(C)C(=O)NCCCNC(=O)c2ccc(F)cc2)cc1. The lowest BCUT2D eigenvalue weighted by atomic mass is 10.2. The Balaban J connectivity index is 1.64. The van der Waals surface area contributed by atoms with Crippen molar-refractivity contribution < 1.29 is 14.0 Å². The molecule has 0 fully saturated rings. The molecule has 7 heteroatoms. The molecule has 27 heavy (non-hydrogen) atoms. The third-order valence-corrected chi connectivity index (χ3v) is 4.69. The molecule has 0 spiro atoms. The van der Waals surface area contributed by atoms with E-state index >= 15 is 0 Å². The maximum Gasteiger partial charge on any atom is 0.317 e. The Hall–Kier alpha value is -2.54. The normalized spacial score (nSPS) is 10.3. The van der Waals surface area contributed by atoms with Crippen LogP contribution >= 0.6 is 11.8 Å². The van der Waals surface area contributed by atoms with Crippen LogP contribution in [0.25, 0.3) is 0 Å². The van der Waals surface area contributed by atoms with Crippen LogP contribution in [0.1, 0.15) is 22.3 Å². The summed E-state index contributed by atoms with van der Waals surface area (Å²) in [5, 5.41) is 5.57. The van der Waals surface area contributed by atoms with E-state index in [9.17, 15) is 14.0 Å². The van der Waals surface area contributed by atoms with Crippen LogP contribution in [0, 0.1) is 5.82 Å². The van der Waals surface area contributed by atoms with Crippen LogP contribution in [-0.2, 0) is 6.54 Å². The molecule has 0 heterocycles. The number of carbonyl (C=O) groups is 2. The largest absolute Gasteiger partial charge is 0.352 e. The molecule has 0 saturated heterocycles. The molecule has 0 atom stereocenters. The highest BCUT2D eigenvalue weighted by Crippen LogP contribution is 2.15. The van der Waals surface area contributed by atoms with Crippen molar-refractivity contribution in [3.63, 3.8) is 0 Å². The van der Waals surface area contributed by atoms with Gasteiger partial charge in [0.05, 0.1) is 0 Å². The fraction of sp³-hybridized carbons (Fsp3) is 0.300. The van der Waals surface area contributed by atoms with Gasteiger partial charge >= 0.3 is 6.03 Å². The predicted molar refractivity (Wildman–Crippen MR) is 106 cm³/mol. The number of hydrogen-bond donors (Lipinski definition) is 2. The van der Waals surface area contributed by atoms with Crippen LogP contribution < -0.4 is 10.6 Å². The summed E-state index contributed by atoms with van der Waals surface area (Å²) in [5.41, 5.74) is 1.48. The van der Waals surface area contributed by atoms with E-state index in [-0.39, 0.29) is 17.8 Å². The first kappa shape index (κ1) is 20.8. The first-order valence-corrected chi connectivity index (χ1v) is 9.87. The van der Waals surface area contributed by atoms with E-state index in [2.05, 4.69) is 10.6 Å². The molecule has 2 rings (SSSR count). The monoisotopic (exact) mass is 389 g/mol. The fourth-order valence-corrected chi connectivity index (χ4v) is 2.81. The molecule has 0 radical (unpaired) electrons. The second kappa shape index (κ2) is 10.6. The highest BCUT2D eigenvalue weighted by atomic mass is 32.2. The van der Waals surface area contributed by atoms with Crippen molar-refractivity contribution in [2.75, 3.05) is 26.4 Å². The van der Waals surface area contributed by atoms with E-state index in [1.807, 2.05) is 30.5 Å². The van der Waals surface area contributed by atoms with Gasteiger partial charge in [0.25, 0.3) is 5.91 Å². The minimum Gasteiger partial charge on any atom is -0.352 e. The molecule has 0 aromatic heterocycles. The van der Waals surface area contributed by atoms with E-state index in [0.29, 0.717) is 31.6 Å². The van der Waals surface area contributed by atoms with Crippen LogP contribution in [-0.4, -0.2) is 43.2 Å². The highest BCUT2D eigenvalue weighted by molar-refractivity contribution is 7.98. The van der Waals surface area contributed by atoms with Crippen molar-refractivity contribution in [3.8, 4) is 0 Å². The summed E-state index contributed by atoms with van der Waals surface area (Å²) in [6.07, 6.45) is 2.63. The van der Waals surface area contributed by atoms with Crippen molar-refractivity contribution in [1.82, 2.24) is 15.5 Å². The number of halogens is 1. The topological polar surface area (TPSA) is 61.4 Å². The maximum absolute atomic E-state index is 12.8. The van der Waals surface area contributed by atoms with Crippen molar-refractivity contribution in [2.45, 2.75) is 17.9 Å². The molecule has 3 amide bonds. The number of hydrogen-bond acceptors (Lipinski definition) is 3. The molecular formula is C20H24FN3O2S. The minimum absolute atomic E-state index is 0.159. The summed E-state index contributed by atoms with van der Waals surface area (Å²) in [6.45, 7) is 1.41. The van der Waals surface area contributed by atoms with Gasteiger partial charge in [0, 0.05) is 37.1 Å². The maximum atomic E-state index is 12.8. The zero-order valence-corrected chi connectivity index (χ0v) is 16.3. The Morgan fingerprint density at radius 3 is 2.26 bits per heavy atom. The van der Waals surface area contributed by atoms with Gasteiger partial charge in [0.2, 0.25) is 0 Å². The summed E-state index contributed by atoms with van der Waals surface area (Å²) >= 11 is 1.68. The van der Waals surface area contributed by atoms with Crippen molar-refractivity contribution >= 4 is 23.7 Å². The number of carbonyl (C=O) groups excluding carboxylic acids is 2. The first-order valence-electron chi connectivity index (χ1n) is 8.65. The molecule has 144 valence electrons. The van der Waals surface area contributed by atoms with Crippen LogP contribution in [0.15, 0.2) is 53.4 Å². The number of thioether (sulfide) groups is 1. The van der Waals surface area contributed by atoms with Crippen LogP contribution in [0.4, 0.5) is 9.18 Å². The Bertz CT molecular complexity index is 751. The van der Waals surface area contributed by atoms with Gasteiger partial charge in [-0.3, -0.25) is 4.79 Å². The molecule has 2 aromatic rings. The summed E-state index contributed by atoms with van der Waals surface area (Å²) in [6, 6.07) is 13.3. The summed E-state index contributed by atoms with van der Waals surface area (Å²) in [7, 11) is 1.74. The molecule has 2 N–H and O–H groups in total. The highest BCUT2D eigenvalue weighted by Gasteiger charge is 2.09. The molecule has 0 aliphatic heterocycles. The van der Waals surface area contributed by atoms with Crippen LogP contribution in [0.5, 0.6) is 0 Å². The Kier molecular flexibility index (Phi) is 8.13. The van der Waals surface area contributed by atoms with E-state index in [4.69, 9.17) is 0 Å². The third-order valence-electron chi connectivity index (χ3n) is 3.95. The number of rotatable bonds is 8. The van der Waals surface area contributed by atoms with E-state index < -0.39 is 0 Å². The predicted octanol–water partition coefficient (Wildman–Crippen LogP) is 3.51. The molecule has 0 saturated carbocycles. The number of urea groups is 1. The number of benzene rings is 2. The van der Waals surface area contributed by atoms with Gasteiger partial charge in [-0.1, -0.05) is 12.1 Å². The van der Waals surface area contributed by atoms with Crippen LogP contribution in [0.2, 0.25) is 0 Å². The average molecular weight is 389 g/mol. The Labute approximate surface area is 163 Å². The fourth-order valence-electron chi connectivity index (χ4n) is 2.40. The van der Waals surface area contributed by atoms with Gasteiger partial charge in [0.1, 0.15) is 5.82 Å². The smallest absolute Gasteiger partial charge is 0.317 e. The zero-order valence-electron chi connectivity index (χ0n) is 15.5. The lowest BCUT2D eigenvalue weighted by Crippen LogP contribution is -2.38. The van der Waals surface area contributed by atoms with Crippen molar-refractivity contribution in [3.05, 3.63) is 65.5 Å². The Morgan fingerprint density at radius 2 is 1.63 bits per heavy atom. The van der Waals surface area contributed by atoms with E-state index in [1.165, 1.54) is 29.2 Å². The van der Waals surface area contributed by atoms with Gasteiger partial charge < -0.3 is 15.5 Å². The van der Waals surface area contributed by atoms with Gasteiger partial charge in [-0.2, -0.15) is 0 Å². The number of amides is 3. The lowest BCUT2D eigenvalue weighted by molar-refractivity contribution is 0.0953. The first-order chi connectivity index (χ1) is 13.0. The summed E-state index contributed by atoms with van der Waals surface area (Å²) in [4.78, 5) is 26.8. The number of nitrogens with one attached hydrogen (secondary N) is 2. The van der Waals surface area contributed by atoms with Gasteiger partial charge in [-0.25, -0.2) is 9.18 Å². The Morgan fingerprint density at radius 1 is 1.00 bits per heavy atom. The van der Waals surface area contributed by atoms with E-state index in [1.54, 1.807) is 23.7 Å². The van der Waals surface area contributed by atoms with Gasteiger partial charge in [-0.05, 0) is 54.6 Å². The second-order valence-electron chi connectivity index (χ2n) is 6.05. The molecule has 0 bridgehead atoms. The van der Waals surface area contributed by atoms with Crippen molar-refractivity contribution in [1.29, 1.82) is 0 Å². The summed E-state index contributed by atoms with van der Waals surface area (Å²) < 4.78 is 12.8. The number of nitrogens with zero attached hydrogens (tertiary/aromatic N) is 1. The zero-order chi connectivity index (χ0) is 19.6. The van der Waals surface area contributed by atoms with Gasteiger partial charge in [0.15, 0.2) is 0 Å². The quantitative estimate of drug-likeness (QED) is 0.537. The second-order valence-corrected chi connectivity index (χ2v) is 6.93. The molecule has 5 nitrogen and oxygen atoms in total. The minimum atomic E-state index is -0.376. The van der Waals surface area contributed by atoms with E-state index in [0.717, 1.165) is 5.56 Å².